The van der Waals surface area contributed by atoms with Gasteiger partial charge in [-0.1, -0.05) is 30.7 Å². The lowest BCUT2D eigenvalue weighted by Gasteiger charge is -2.28. The lowest BCUT2D eigenvalue weighted by Crippen LogP contribution is -2.23. The minimum atomic E-state index is -0.957. The van der Waals surface area contributed by atoms with Crippen molar-refractivity contribution >= 4 is 5.97 Å². The van der Waals surface area contributed by atoms with Gasteiger partial charge in [-0.2, -0.15) is 0 Å². The first-order valence-corrected chi connectivity index (χ1v) is 5.27. The fourth-order valence-corrected chi connectivity index (χ4v) is 2.02. The summed E-state index contributed by atoms with van der Waals surface area (Å²) in [5.74, 6) is -0.437. The minimum absolute atomic E-state index is 0.520. The third-order valence-electron chi connectivity index (χ3n) is 3.14. The molecule has 80 valence electrons. The van der Waals surface area contributed by atoms with E-state index in [1.54, 1.807) is 0 Å². The van der Waals surface area contributed by atoms with Gasteiger partial charge in [0.1, 0.15) is 6.04 Å². The van der Waals surface area contributed by atoms with E-state index in [0.717, 1.165) is 24.0 Å². The molecule has 1 fully saturated rings. The van der Waals surface area contributed by atoms with Crippen molar-refractivity contribution in [2.75, 3.05) is 0 Å². The first-order valence-electron chi connectivity index (χ1n) is 5.27. The molecule has 0 aromatic heterocycles. The Bertz CT molecular complexity index is 372. The molecule has 1 aliphatic carbocycles. The first-order chi connectivity index (χ1) is 7.20. The van der Waals surface area contributed by atoms with Gasteiger partial charge in [0, 0.05) is 0 Å². The van der Waals surface area contributed by atoms with Gasteiger partial charge in [-0.3, -0.25) is 4.79 Å². The van der Waals surface area contributed by atoms with Crippen LogP contribution in [0.2, 0.25) is 0 Å². The number of benzene rings is 1. The van der Waals surface area contributed by atoms with E-state index < -0.39 is 12.0 Å². The molecule has 0 amide bonds. The molecule has 0 saturated heterocycles. The van der Waals surface area contributed by atoms with E-state index in [9.17, 15) is 4.79 Å². The quantitative estimate of drug-likeness (QED) is 0.793. The molecule has 0 spiro atoms. The molecule has 1 aromatic carbocycles. The number of carbonyl (C=O) groups is 1. The number of carboxylic acid groups (broad SMARTS) is 1. The Labute approximate surface area is 88.9 Å². The molecule has 0 radical (unpaired) electrons. The molecule has 2 rings (SSSR count). The Hall–Kier alpha value is -1.35. The molecule has 0 heterocycles. The second-order valence-electron chi connectivity index (χ2n) is 4.07. The van der Waals surface area contributed by atoms with Gasteiger partial charge in [-0.15, -0.1) is 0 Å². The molecule has 3 nitrogen and oxygen atoms in total. The van der Waals surface area contributed by atoms with E-state index in [-0.39, 0.29) is 0 Å². The Morgan fingerprint density at radius 1 is 1.40 bits per heavy atom. The van der Waals surface area contributed by atoms with E-state index >= 15 is 0 Å². The molecule has 0 aliphatic heterocycles. The fraction of sp³-hybridized carbons (Fsp3) is 0.417. The van der Waals surface area contributed by atoms with Crippen LogP contribution in [0.4, 0.5) is 0 Å². The lowest BCUT2D eigenvalue weighted by atomic mass is 9.77. The maximum atomic E-state index is 10.9. The number of hydrogen-bond donors (Lipinski definition) is 2. The van der Waals surface area contributed by atoms with Crippen LogP contribution in [0.5, 0.6) is 0 Å². The smallest absolute Gasteiger partial charge is 0.325 e. The van der Waals surface area contributed by atoms with Gasteiger partial charge in [0.2, 0.25) is 0 Å². The minimum Gasteiger partial charge on any atom is -0.480 e. The summed E-state index contributed by atoms with van der Waals surface area (Å²) < 4.78 is 0. The topological polar surface area (TPSA) is 63.3 Å². The Balaban J connectivity index is 2.32. The van der Waals surface area contributed by atoms with Gasteiger partial charge in [-0.25, -0.2) is 0 Å². The SMILES string of the molecule is NC(C(=O)O)c1ccccc1C1CCC1. The molecule has 3 heteroatoms. The van der Waals surface area contributed by atoms with Crippen molar-refractivity contribution in [2.45, 2.75) is 31.2 Å². The third kappa shape index (κ3) is 1.88. The summed E-state index contributed by atoms with van der Waals surface area (Å²) in [4.78, 5) is 10.9. The summed E-state index contributed by atoms with van der Waals surface area (Å²) in [6.07, 6.45) is 3.55. The van der Waals surface area contributed by atoms with Crippen LogP contribution in [0, 0.1) is 0 Å². The van der Waals surface area contributed by atoms with Crippen LogP contribution in [-0.2, 0) is 4.79 Å². The molecule has 3 N–H and O–H groups in total. The van der Waals surface area contributed by atoms with Crippen LogP contribution >= 0.6 is 0 Å². The van der Waals surface area contributed by atoms with Crippen molar-refractivity contribution in [3.63, 3.8) is 0 Å². The van der Waals surface area contributed by atoms with Gasteiger partial charge >= 0.3 is 5.97 Å². The zero-order valence-electron chi connectivity index (χ0n) is 8.52. The summed E-state index contributed by atoms with van der Waals surface area (Å²) >= 11 is 0. The highest BCUT2D eigenvalue weighted by Gasteiger charge is 2.25. The lowest BCUT2D eigenvalue weighted by molar-refractivity contribution is -0.138. The van der Waals surface area contributed by atoms with E-state index in [1.807, 2.05) is 24.3 Å². The largest absolute Gasteiger partial charge is 0.480 e. The van der Waals surface area contributed by atoms with Crippen molar-refractivity contribution in [1.29, 1.82) is 0 Å². The van der Waals surface area contributed by atoms with Gasteiger partial charge in [0.15, 0.2) is 0 Å². The fourth-order valence-electron chi connectivity index (χ4n) is 2.02. The zero-order valence-corrected chi connectivity index (χ0v) is 8.52. The summed E-state index contributed by atoms with van der Waals surface area (Å²) in [5, 5.41) is 8.91. The molecule has 1 aliphatic rings. The van der Waals surface area contributed by atoms with E-state index in [0.29, 0.717) is 5.92 Å². The number of carboxylic acids is 1. The second kappa shape index (κ2) is 4.03. The summed E-state index contributed by atoms with van der Waals surface area (Å²) in [6.45, 7) is 0. The predicted molar refractivity (Wildman–Crippen MR) is 57.6 cm³/mol. The second-order valence-corrected chi connectivity index (χ2v) is 4.07. The van der Waals surface area contributed by atoms with Crippen molar-refractivity contribution < 1.29 is 9.90 Å². The van der Waals surface area contributed by atoms with E-state index in [4.69, 9.17) is 10.8 Å². The number of rotatable bonds is 3. The van der Waals surface area contributed by atoms with Crippen LogP contribution in [-0.4, -0.2) is 11.1 Å². The summed E-state index contributed by atoms with van der Waals surface area (Å²) in [5.41, 5.74) is 7.55. The molecule has 1 atom stereocenters. The van der Waals surface area contributed by atoms with Crippen LogP contribution < -0.4 is 5.73 Å². The molecule has 1 aromatic rings. The van der Waals surface area contributed by atoms with Crippen molar-refractivity contribution in [3.8, 4) is 0 Å². The Morgan fingerprint density at radius 2 is 2.07 bits per heavy atom. The highest BCUT2D eigenvalue weighted by molar-refractivity contribution is 5.75. The summed E-state index contributed by atoms with van der Waals surface area (Å²) in [7, 11) is 0. The maximum absolute atomic E-state index is 10.9. The number of aliphatic carboxylic acids is 1. The van der Waals surface area contributed by atoms with Crippen LogP contribution in [0.25, 0.3) is 0 Å². The average Bonchev–Trinajstić information content (AvgIpc) is 2.15. The van der Waals surface area contributed by atoms with Crippen molar-refractivity contribution in [3.05, 3.63) is 35.4 Å². The molecule has 1 saturated carbocycles. The van der Waals surface area contributed by atoms with Gasteiger partial charge in [-0.05, 0) is 29.9 Å². The zero-order chi connectivity index (χ0) is 10.8. The molecular weight excluding hydrogens is 190 g/mol. The average molecular weight is 205 g/mol. The Morgan fingerprint density at radius 3 is 2.60 bits per heavy atom. The molecule has 1 unspecified atom stereocenters. The van der Waals surface area contributed by atoms with Crippen molar-refractivity contribution in [1.82, 2.24) is 0 Å². The highest BCUT2D eigenvalue weighted by Crippen LogP contribution is 2.39. The normalized spacial score (nSPS) is 18.2. The van der Waals surface area contributed by atoms with Crippen molar-refractivity contribution in [2.24, 2.45) is 5.73 Å². The highest BCUT2D eigenvalue weighted by atomic mass is 16.4. The van der Waals surface area contributed by atoms with Crippen LogP contribution in [0.3, 0.4) is 0 Å². The Kier molecular flexibility index (Phi) is 2.73. The molecular formula is C12H15NO2. The first kappa shape index (κ1) is 10.2. The predicted octanol–water partition coefficient (Wildman–Crippen LogP) is 2.04. The van der Waals surface area contributed by atoms with Gasteiger partial charge < -0.3 is 10.8 Å². The maximum Gasteiger partial charge on any atom is 0.325 e. The monoisotopic (exact) mass is 205 g/mol. The number of hydrogen-bond acceptors (Lipinski definition) is 2. The molecule has 0 bridgehead atoms. The van der Waals surface area contributed by atoms with Crippen LogP contribution in [0.15, 0.2) is 24.3 Å². The van der Waals surface area contributed by atoms with Crippen LogP contribution in [0.1, 0.15) is 42.3 Å². The van der Waals surface area contributed by atoms with Gasteiger partial charge in [0.05, 0.1) is 0 Å². The van der Waals surface area contributed by atoms with Gasteiger partial charge in [0.25, 0.3) is 0 Å². The van der Waals surface area contributed by atoms with E-state index in [2.05, 4.69) is 0 Å². The summed E-state index contributed by atoms with van der Waals surface area (Å²) in [6, 6.07) is 6.74. The number of nitrogens with two attached hydrogens (primary N) is 1. The third-order valence-corrected chi connectivity index (χ3v) is 3.14. The standard InChI is InChI=1S/C12H15NO2/c13-11(12(14)15)10-7-2-1-6-9(10)8-4-3-5-8/h1-2,6-8,11H,3-5,13H2,(H,14,15). The van der Waals surface area contributed by atoms with E-state index in [1.165, 1.54) is 6.42 Å². The molecule has 15 heavy (non-hydrogen) atoms.